The number of nitrogens with one attached hydrogen (secondary N) is 1. The Morgan fingerprint density at radius 1 is 1.39 bits per heavy atom. The smallest absolute Gasteiger partial charge is 0.116 e. The van der Waals surface area contributed by atoms with Gasteiger partial charge in [0, 0.05) is 12.6 Å². The monoisotopic (exact) mass is 251 g/mol. The maximum Gasteiger partial charge on any atom is 0.116 e. The molecule has 0 heterocycles. The van der Waals surface area contributed by atoms with Crippen molar-refractivity contribution in [2.75, 3.05) is 20.1 Å². The van der Waals surface area contributed by atoms with Crippen molar-refractivity contribution in [3.05, 3.63) is 0 Å². The molecule has 0 aromatic rings. The molecule has 0 spiro atoms. The van der Waals surface area contributed by atoms with Crippen LogP contribution in [0, 0.1) is 17.2 Å². The van der Waals surface area contributed by atoms with Crippen molar-refractivity contribution in [3.8, 4) is 6.07 Å². The summed E-state index contributed by atoms with van der Waals surface area (Å²) in [6, 6.07) is 3.12. The van der Waals surface area contributed by atoms with E-state index in [0.29, 0.717) is 6.04 Å². The molecular weight excluding hydrogens is 222 g/mol. The van der Waals surface area contributed by atoms with Gasteiger partial charge in [-0.3, -0.25) is 4.90 Å². The molecule has 18 heavy (non-hydrogen) atoms. The molecule has 1 saturated carbocycles. The summed E-state index contributed by atoms with van der Waals surface area (Å²) in [5.74, 6) is 0.733. The minimum absolute atomic E-state index is 0.417. The first-order valence-corrected chi connectivity index (χ1v) is 7.35. The van der Waals surface area contributed by atoms with Gasteiger partial charge >= 0.3 is 0 Å². The molecule has 0 radical (unpaired) electrons. The van der Waals surface area contributed by atoms with Crippen molar-refractivity contribution in [2.45, 2.75) is 64.5 Å². The Labute approximate surface area is 113 Å². The van der Waals surface area contributed by atoms with E-state index in [-0.39, 0.29) is 0 Å². The van der Waals surface area contributed by atoms with E-state index < -0.39 is 5.54 Å². The Morgan fingerprint density at radius 2 is 2.00 bits per heavy atom. The van der Waals surface area contributed by atoms with Crippen LogP contribution in [-0.2, 0) is 0 Å². The largest absolute Gasteiger partial charge is 0.302 e. The minimum Gasteiger partial charge on any atom is -0.302 e. The molecule has 1 fully saturated rings. The van der Waals surface area contributed by atoms with Gasteiger partial charge < -0.3 is 5.32 Å². The highest BCUT2D eigenvalue weighted by atomic mass is 15.2. The van der Waals surface area contributed by atoms with E-state index in [0.717, 1.165) is 19.0 Å². The van der Waals surface area contributed by atoms with Gasteiger partial charge in [0.25, 0.3) is 0 Å². The van der Waals surface area contributed by atoms with Crippen molar-refractivity contribution in [3.63, 3.8) is 0 Å². The topological polar surface area (TPSA) is 39.1 Å². The molecule has 0 aromatic carbocycles. The van der Waals surface area contributed by atoms with Gasteiger partial charge in [0.15, 0.2) is 0 Å². The highest BCUT2D eigenvalue weighted by Gasteiger charge is 2.30. The molecule has 0 aliphatic heterocycles. The van der Waals surface area contributed by atoms with Crippen LogP contribution in [0.2, 0.25) is 0 Å². The SMILES string of the molecule is CNC(C)(C#N)CN(CCC(C)C)C1CCCC1. The number of likely N-dealkylation sites (N-methyl/N-ethyl adjacent to an activating group) is 1. The van der Waals surface area contributed by atoms with Gasteiger partial charge in [-0.15, -0.1) is 0 Å². The van der Waals surface area contributed by atoms with Crippen LogP contribution in [0.25, 0.3) is 0 Å². The van der Waals surface area contributed by atoms with Crippen LogP contribution in [-0.4, -0.2) is 36.6 Å². The molecule has 1 N–H and O–H groups in total. The van der Waals surface area contributed by atoms with E-state index in [1.54, 1.807) is 0 Å². The fourth-order valence-corrected chi connectivity index (χ4v) is 2.66. The standard InChI is InChI=1S/C15H29N3/c1-13(2)9-10-18(14-7-5-6-8-14)12-15(3,11-16)17-4/h13-14,17H,5-10,12H2,1-4H3. The molecule has 3 nitrogen and oxygen atoms in total. The average Bonchev–Trinajstić information content (AvgIpc) is 2.87. The van der Waals surface area contributed by atoms with Crippen LogP contribution in [0.3, 0.4) is 0 Å². The van der Waals surface area contributed by atoms with Gasteiger partial charge in [0.1, 0.15) is 5.54 Å². The van der Waals surface area contributed by atoms with Gasteiger partial charge in [-0.25, -0.2) is 0 Å². The summed E-state index contributed by atoms with van der Waals surface area (Å²) in [7, 11) is 1.89. The highest BCUT2D eigenvalue weighted by molar-refractivity contribution is 5.05. The zero-order valence-electron chi connectivity index (χ0n) is 12.5. The maximum atomic E-state index is 9.32. The molecule has 1 aliphatic rings. The normalized spacial score (nSPS) is 20.3. The van der Waals surface area contributed by atoms with Gasteiger partial charge in [0.2, 0.25) is 0 Å². The first-order chi connectivity index (χ1) is 8.50. The second-order valence-electron chi connectivity index (χ2n) is 6.29. The first-order valence-electron chi connectivity index (χ1n) is 7.35. The van der Waals surface area contributed by atoms with E-state index >= 15 is 0 Å². The minimum atomic E-state index is -0.417. The molecule has 1 unspecified atom stereocenters. The fourth-order valence-electron chi connectivity index (χ4n) is 2.66. The zero-order chi connectivity index (χ0) is 13.6. The number of rotatable bonds is 7. The molecule has 3 heteroatoms. The lowest BCUT2D eigenvalue weighted by Gasteiger charge is -2.35. The van der Waals surface area contributed by atoms with E-state index in [4.69, 9.17) is 0 Å². The number of hydrogen-bond acceptors (Lipinski definition) is 3. The quantitative estimate of drug-likeness (QED) is 0.756. The van der Waals surface area contributed by atoms with E-state index in [1.165, 1.54) is 32.1 Å². The molecule has 104 valence electrons. The Balaban J connectivity index is 2.61. The predicted octanol–water partition coefficient (Wildman–Crippen LogP) is 2.78. The van der Waals surface area contributed by atoms with Gasteiger partial charge in [-0.2, -0.15) is 5.26 Å². The second kappa shape index (κ2) is 7.11. The van der Waals surface area contributed by atoms with Crippen LogP contribution >= 0.6 is 0 Å². The highest BCUT2D eigenvalue weighted by Crippen LogP contribution is 2.25. The van der Waals surface area contributed by atoms with Crippen LogP contribution in [0.5, 0.6) is 0 Å². The van der Waals surface area contributed by atoms with Crippen LogP contribution in [0.1, 0.15) is 52.9 Å². The summed E-state index contributed by atoms with van der Waals surface area (Å²) in [5.41, 5.74) is -0.417. The van der Waals surface area contributed by atoms with Crippen molar-refractivity contribution >= 4 is 0 Å². The molecular formula is C15H29N3. The molecule has 0 aromatic heterocycles. The Kier molecular flexibility index (Phi) is 6.11. The van der Waals surface area contributed by atoms with Crippen LogP contribution in [0.4, 0.5) is 0 Å². The Morgan fingerprint density at radius 3 is 2.44 bits per heavy atom. The van der Waals surface area contributed by atoms with Crippen molar-refractivity contribution in [1.82, 2.24) is 10.2 Å². The second-order valence-corrected chi connectivity index (χ2v) is 6.29. The molecule has 1 rings (SSSR count). The lowest BCUT2D eigenvalue weighted by Crippen LogP contribution is -2.51. The average molecular weight is 251 g/mol. The Bertz CT molecular complexity index is 276. The number of nitrogens with zero attached hydrogens (tertiary/aromatic N) is 2. The summed E-state index contributed by atoms with van der Waals surface area (Å²) < 4.78 is 0. The van der Waals surface area contributed by atoms with E-state index in [9.17, 15) is 5.26 Å². The summed E-state index contributed by atoms with van der Waals surface area (Å²) in [6.07, 6.45) is 6.55. The lowest BCUT2D eigenvalue weighted by molar-refractivity contribution is 0.157. The van der Waals surface area contributed by atoms with E-state index in [2.05, 4.69) is 30.1 Å². The lowest BCUT2D eigenvalue weighted by atomic mass is 10.0. The maximum absolute atomic E-state index is 9.32. The molecule has 1 atom stereocenters. The van der Waals surface area contributed by atoms with Crippen LogP contribution < -0.4 is 5.32 Å². The third-order valence-corrected chi connectivity index (χ3v) is 4.15. The van der Waals surface area contributed by atoms with Crippen LogP contribution in [0.15, 0.2) is 0 Å². The predicted molar refractivity (Wildman–Crippen MR) is 76.4 cm³/mol. The Hall–Kier alpha value is -0.590. The molecule has 1 aliphatic carbocycles. The molecule has 0 amide bonds. The van der Waals surface area contributed by atoms with Crippen molar-refractivity contribution < 1.29 is 0 Å². The van der Waals surface area contributed by atoms with E-state index in [1.807, 2.05) is 14.0 Å². The fraction of sp³-hybridized carbons (Fsp3) is 0.933. The number of hydrogen-bond donors (Lipinski definition) is 1. The number of nitriles is 1. The third-order valence-electron chi connectivity index (χ3n) is 4.15. The first kappa shape index (κ1) is 15.5. The van der Waals surface area contributed by atoms with Gasteiger partial charge in [-0.1, -0.05) is 26.7 Å². The van der Waals surface area contributed by atoms with Crippen molar-refractivity contribution in [1.29, 1.82) is 5.26 Å². The summed E-state index contributed by atoms with van der Waals surface area (Å²) in [4.78, 5) is 2.55. The zero-order valence-corrected chi connectivity index (χ0v) is 12.5. The molecule has 0 saturated heterocycles. The summed E-state index contributed by atoms with van der Waals surface area (Å²) in [5, 5.41) is 12.5. The summed E-state index contributed by atoms with van der Waals surface area (Å²) in [6.45, 7) is 8.52. The van der Waals surface area contributed by atoms with Crippen molar-refractivity contribution in [2.24, 2.45) is 5.92 Å². The molecule has 0 bridgehead atoms. The summed E-state index contributed by atoms with van der Waals surface area (Å²) >= 11 is 0. The van der Waals surface area contributed by atoms with Gasteiger partial charge in [-0.05, 0) is 45.7 Å². The third kappa shape index (κ3) is 4.59. The van der Waals surface area contributed by atoms with Gasteiger partial charge in [0.05, 0.1) is 6.07 Å².